The number of benzene rings is 1. The van der Waals surface area contributed by atoms with E-state index in [1.165, 1.54) is 12.1 Å². The standard InChI is InChI=1S/C15H19FN2O/c1-2-17-9-7-15(8-10-17)11-18(15)14(19)12-3-5-13(16)6-4-12/h3-6H,2,7-11H2,1H3. The van der Waals surface area contributed by atoms with Gasteiger partial charge < -0.3 is 9.80 Å². The van der Waals surface area contributed by atoms with Crippen LogP contribution in [0.15, 0.2) is 24.3 Å². The Balaban J connectivity index is 1.66. The molecule has 1 spiro atoms. The minimum absolute atomic E-state index is 0.0462. The normalized spacial score (nSPS) is 21.7. The summed E-state index contributed by atoms with van der Waals surface area (Å²) in [6, 6.07) is 5.85. The van der Waals surface area contributed by atoms with Crippen LogP contribution in [0.1, 0.15) is 30.1 Å². The molecule has 3 rings (SSSR count). The van der Waals surface area contributed by atoms with E-state index in [-0.39, 0.29) is 17.3 Å². The van der Waals surface area contributed by atoms with E-state index in [2.05, 4.69) is 11.8 Å². The highest BCUT2D eigenvalue weighted by Crippen LogP contribution is 2.42. The van der Waals surface area contributed by atoms with Crippen molar-refractivity contribution in [1.82, 2.24) is 9.80 Å². The van der Waals surface area contributed by atoms with Crippen LogP contribution in [0.3, 0.4) is 0 Å². The second kappa shape index (κ2) is 4.60. The van der Waals surface area contributed by atoms with Gasteiger partial charge in [-0.25, -0.2) is 4.39 Å². The predicted octanol–water partition coefficient (Wildman–Crippen LogP) is 2.14. The second-order valence-electron chi connectivity index (χ2n) is 5.56. The molecule has 0 aliphatic carbocycles. The Kier molecular flexibility index (Phi) is 3.05. The van der Waals surface area contributed by atoms with Gasteiger partial charge in [0.05, 0.1) is 5.54 Å². The van der Waals surface area contributed by atoms with E-state index in [9.17, 15) is 9.18 Å². The van der Waals surface area contributed by atoms with E-state index >= 15 is 0 Å². The predicted molar refractivity (Wildman–Crippen MR) is 71.5 cm³/mol. The quantitative estimate of drug-likeness (QED) is 0.762. The van der Waals surface area contributed by atoms with Crippen LogP contribution in [0.25, 0.3) is 0 Å². The summed E-state index contributed by atoms with van der Waals surface area (Å²) in [6.45, 7) is 6.27. The van der Waals surface area contributed by atoms with Gasteiger partial charge in [-0.3, -0.25) is 4.79 Å². The molecule has 102 valence electrons. The highest BCUT2D eigenvalue weighted by molar-refractivity contribution is 5.96. The van der Waals surface area contributed by atoms with Crippen molar-refractivity contribution >= 4 is 5.91 Å². The van der Waals surface area contributed by atoms with Crippen molar-refractivity contribution in [1.29, 1.82) is 0 Å². The average molecular weight is 262 g/mol. The van der Waals surface area contributed by atoms with Crippen molar-refractivity contribution in [2.75, 3.05) is 26.2 Å². The van der Waals surface area contributed by atoms with Gasteiger partial charge in [0, 0.05) is 25.2 Å². The zero-order valence-electron chi connectivity index (χ0n) is 11.2. The van der Waals surface area contributed by atoms with Crippen LogP contribution >= 0.6 is 0 Å². The summed E-state index contributed by atoms with van der Waals surface area (Å²) in [4.78, 5) is 16.7. The fraction of sp³-hybridized carbons (Fsp3) is 0.533. The maximum absolute atomic E-state index is 12.9. The number of nitrogens with zero attached hydrogens (tertiary/aromatic N) is 2. The van der Waals surface area contributed by atoms with E-state index in [0.717, 1.165) is 39.0 Å². The third kappa shape index (κ3) is 2.25. The lowest BCUT2D eigenvalue weighted by atomic mass is 9.96. The largest absolute Gasteiger partial charge is 0.329 e. The molecule has 2 saturated heterocycles. The molecule has 0 aromatic heterocycles. The highest BCUT2D eigenvalue weighted by Gasteiger charge is 2.55. The summed E-state index contributed by atoms with van der Waals surface area (Å²) in [5, 5.41) is 0. The molecule has 1 aromatic rings. The first-order valence-electron chi connectivity index (χ1n) is 6.94. The van der Waals surface area contributed by atoms with Crippen molar-refractivity contribution < 1.29 is 9.18 Å². The molecule has 0 saturated carbocycles. The molecule has 0 radical (unpaired) electrons. The topological polar surface area (TPSA) is 23.3 Å². The summed E-state index contributed by atoms with van der Waals surface area (Å²) >= 11 is 0. The van der Waals surface area contributed by atoms with Crippen molar-refractivity contribution in [3.05, 3.63) is 35.6 Å². The van der Waals surface area contributed by atoms with Crippen LogP contribution in [-0.2, 0) is 0 Å². The van der Waals surface area contributed by atoms with Crippen LogP contribution in [0.2, 0.25) is 0 Å². The Morgan fingerprint density at radius 3 is 2.47 bits per heavy atom. The molecule has 0 bridgehead atoms. The number of hydrogen-bond acceptors (Lipinski definition) is 2. The lowest BCUT2D eigenvalue weighted by Gasteiger charge is -2.31. The summed E-state index contributed by atoms with van der Waals surface area (Å²) in [7, 11) is 0. The fourth-order valence-electron chi connectivity index (χ4n) is 3.01. The molecule has 2 heterocycles. The molecule has 3 nitrogen and oxygen atoms in total. The number of piperidine rings is 1. The molecular weight excluding hydrogens is 243 g/mol. The highest BCUT2D eigenvalue weighted by atomic mass is 19.1. The summed E-state index contributed by atoms with van der Waals surface area (Å²) in [5.41, 5.74) is 0.688. The van der Waals surface area contributed by atoms with E-state index in [4.69, 9.17) is 0 Å². The molecule has 2 aliphatic rings. The molecule has 2 aliphatic heterocycles. The number of carbonyl (C=O) groups is 1. The lowest BCUT2D eigenvalue weighted by molar-refractivity contribution is 0.0821. The molecular formula is C15H19FN2O. The third-order valence-electron chi connectivity index (χ3n) is 4.49. The van der Waals surface area contributed by atoms with Crippen LogP contribution in [-0.4, -0.2) is 47.4 Å². The van der Waals surface area contributed by atoms with Gasteiger partial charge in [0.25, 0.3) is 5.91 Å². The monoisotopic (exact) mass is 262 g/mol. The Morgan fingerprint density at radius 2 is 1.89 bits per heavy atom. The molecule has 4 heteroatoms. The van der Waals surface area contributed by atoms with Gasteiger partial charge in [0.15, 0.2) is 0 Å². The van der Waals surface area contributed by atoms with Crippen LogP contribution in [0.5, 0.6) is 0 Å². The number of rotatable bonds is 2. The maximum atomic E-state index is 12.9. The summed E-state index contributed by atoms with van der Waals surface area (Å²) < 4.78 is 12.9. The first kappa shape index (κ1) is 12.6. The van der Waals surface area contributed by atoms with Gasteiger partial charge in [-0.1, -0.05) is 6.92 Å². The second-order valence-corrected chi connectivity index (χ2v) is 5.56. The van der Waals surface area contributed by atoms with Crippen molar-refractivity contribution in [3.63, 3.8) is 0 Å². The number of halogens is 1. The van der Waals surface area contributed by atoms with Crippen LogP contribution in [0.4, 0.5) is 4.39 Å². The van der Waals surface area contributed by atoms with E-state index in [0.29, 0.717) is 5.56 Å². The smallest absolute Gasteiger partial charge is 0.254 e. The fourth-order valence-corrected chi connectivity index (χ4v) is 3.01. The molecule has 0 atom stereocenters. The Hall–Kier alpha value is -1.42. The summed E-state index contributed by atoms with van der Waals surface area (Å²) in [5.74, 6) is -0.252. The van der Waals surface area contributed by atoms with Crippen LogP contribution in [0, 0.1) is 5.82 Å². The van der Waals surface area contributed by atoms with Gasteiger partial charge >= 0.3 is 0 Å². The third-order valence-corrected chi connectivity index (χ3v) is 4.49. The van der Waals surface area contributed by atoms with Crippen LogP contribution < -0.4 is 0 Å². The van der Waals surface area contributed by atoms with Crippen molar-refractivity contribution in [2.24, 2.45) is 0 Å². The molecule has 2 fully saturated rings. The Morgan fingerprint density at radius 1 is 1.26 bits per heavy atom. The van der Waals surface area contributed by atoms with Crippen molar-refractivity contribution in [2.45, 2.75) is 25.3 Å². The van der Waals surface area contributed by atoms with E-state index < -0.39 is 0 Å². The summed E-state index contributed by atoms with van der Waals surface area (Å²) in [6.07, 6.45) is 2.13. The molecule has 0 unspecified atom stereocenters. The van der Waals surface area contributed by atoms with Gasteiger partial charge in [0.2, 0.25) is 0 Å². The first-order chi connectivity index (χ1) is 9.14. The Bertz CT molecular complexity index is 477. The first-order valence-corrected chi connectivity index (χ1v) is 6.94. The van der Waals surface area contributed by atoms with Gasteiger partial charge in [-0.05, 0) is 43.7 Å². The number of hydrogen-bond donors (Lipinski definition) is 0. The van der Waals surface area contributed by atoms with Crippen molar-refractivity contribution in [3.8, 4) is 0 Å². The number of likely N-dealkylation sites (tertiary alicyclic amines) is 1. The van der Waals surface area contributed by atoms with Gasteiger partial charge in [-0.2, -0.15) is 0 Å². The maximum Gasteiger partial charge on any atom is 0.254 e. The zero-order valence-corrected chi connectivity index (χ0v) is 11.2. The minimum Gasteiger partial charge on any atom is -0.329 e. The van der Waals surface area contributed by atoms with E-state index in [1.54, 1.807) is 12.1 Å². The SMILES string of the molecule is CCN1CCC2(CC1)CN2C(=O)c1ccc(F)cc1. The minimum atomic E-state index is -0.298. The molecule has 19 heavy (non-hydrogen) atoms. The average Bonchev–Trinajstić information content (AvgIpc) is 3.14. The number of amides is 1. The number of carbonyl (C=O) groups excluding carboxylic acids is 1. The van der Waals surface area contributed by atoms with E-state index in [1.807, 2.05) is 4.90 Å². The Labute approximate surface area is 113 Å². The molecule has 1 aromatic carbocycles. The zero-order chi connectivity index (χ0) is 13.5. The van der Waals surface area contributed by atoms with Gasteiger partial charge in [0.1, 0.15) is 5.82 Å². The molecule has 0 N–H and O–H groups in total. The lowest BCUT2D eigenvalue weighted by Crippen LogP contribution is -2.40. The molecule has 1 amide bonds. The van der Waals surface area contributed by atoms with Gasteiger partial charge in [-0.15, -0.1) is 0 Å².